The van der Waals surface area contributed by atoms with Crippen LogP contribution < -0.4 is 5.73 Å². The molecule has 106 valence electrons. The molecule has 0 unspecified atom stereocenters. The molecule has 0 saturated carbocycles. The summed E-state index contributed by atoms with van der Waals surface area (Å²) in [5.41, 5.74) is 8.26. The lowest BCUT2D eigenvalue weighted by atomic mass is 10.1. The maximum atomic E-state index is 5.62. The second-order valence-electron chi connectivity index (χ2n) is 5.25. The van der Waals surface area contributed by atoms with E-state index in [1.54, 1.807) is 0 Å². The van der Waals surface area contributed by atoms with Gasteiger partial charge in [-0.05, 0) is 60.0 Å². The first kappa shape index (κ1) is 14.2. The monoisotopic (exact) mass is 293 g/mol. The van der Waals surface area contributed by atoms with Crippen LogP contribution in [0.2, 0.25) is 0 Å². The van der Waals surface area contributed by atoms with Gasteiger partial charge in [-0.3, -0.25) is 0 Å². The van der Waals surface area contributed by atoms with E-state index in [0.29, 0.717) is 6.54 Å². The molecule has 1 nitrogen and oxygen atoms in total. The fourth-order valence-electron chi connectivity index (χ4n) is 2.51. The lowest BCUT2D eigenvalue weighted by Crippen LogP contribution is -2.02. The summed E-state index contributed by atoms with van der Waals surface area (Å²) >= 11 is 1.82. The predicted octanol–water partition coefficient (Wildman–Crippen LogP) is 4.80. The molecule has 3 aromatic carbocycles. The highest BCUT2D eigenvalue weighted by atomic mass is 32.2. The van der Waals surface area contributed by atoms with E-state index in [1.165, 1.54) is 31.7 Å². The van der Waals surface area contributed by atoms with Gasteiger partial charge in [-0.1, -0.05) is 54.2 Å². The molecule has 0 aliphatic rings. The average molecular weight is 293 g/mol. The van der Waals surface area contributed by atoms with Crippen molar-refractivity contribution in [2.24, 2.45) is 5.73 Å². The highest BCUT2D eigenvalue weighted by Crippen LogP contribution is 2.32. The molecule has 3 rings (SSSR count). The van der Waals surface area contributed by atoms with Gasteiger partial charge in [0, 0.05) is 9.79 Å². The summed E-state index contributed by atoms with van der Waals surface area (Å²) in [7, 11) is 0. The van der Waals surface area contributed by atoms with Gasteiger partial charge in [0.2, 0.25) is 0 Å². The van der Waals surface area contributed by atoms with E-state index < -0.39 is 0 Å². The molecule has 21 heavy (non-hydrogen) atoms. The van der Waals surface area contributed by atoms with Gasteiger partial charge in [-0.25, -0.2) is 0 Å². The Labute approximate surface area is 130 Å². The highest BCUT2D eigenvalue weighted by Gasteiger charge is 2.03. The van der Waals surface area contributed by atoms with Crippen LogP contribution in [-0.4, -0.2) is 6.54 Å². The SMILES string of the molecule is Cc1cc(CCN)ccc1Sc1ccc2ccccc2c1. The summed E-state index contributed by atoms with van der Waals surface area (Å²) in [6.45, 7) is 2.88. The Hall–Kier alpha value is -1.77. The smallest absolute Gasteiger partial charge is 0.0151 e. The first-order valence-electron chi connectivity index (χ1n) is 7.22. The highest BCUT2D eigenvalue weighted by molar-refractivity contribution is 7.99. The van der Waals surface area contributed by atoms with Gasteiger partial charge >= 0.3 is 0 Å². The second kappa shape index (κ2) is 6.33. The first-order chi connectivity index (χ1) is 10.3. The van der Waals surface area contributed by atoms with Crippen LogP contribution in [-0.2, 0) is 6.42 Å². The van der Waals surface area contributed by atoms with Crippen LogP contribution in [0.25, 0.3) is 10.8 Å². The summed E-state index contributed by atoms with van der Waals surface area (Å²) < 4.78 is 0. The summed E-state index contributed by atoms with van der Waals surface area (Å²) in [5, 5.41) is 2.58. The van der Waals surface area contributed by atoms with E-state index in [4.69, 9.17) is 5.73 Å². The Bertz CT molecular complexity index is 764. The molecular formula is C19H19NS. The zero-order valence-electron chi connectivity index (χ0n) is 12.2. The van der Waals surface area contributed by atoms with Gasteiger partial charge in [0.1, 0.15) is 0 Å². The van der Waals surface area contributed by atoms with Crippen LogP contribution >= 0.6 is 11.8 Å². The van der Waals surface area contributed by atoms with Crippen LogP contribution in [0.15, 0.2) is 70.5 Å². The number of hydrogen-bond donors (Lipinski definition) is 1. The predicted molar refractivity (Wildman–Crippen MR) is 92.0 cm³/mol. The van der Waals surface area contributed by atoms with Crippen molar-refractivity contribution >= 4 is 22.5 Å². The maximum Gasteiger partial charge on any atom is 0.0151 e. The summed E-state index contributed by atoms with van der Waals surface area (Å²) in [6, 6.07) is 21.8. The van der Waals surface area contributed by atoms with E-state index in [1.807, 2.05) is 11.8 Å². The van der Waals surface area contributed by atoms with E-state index in [2.05, 4.69) is 67.6 Å². The molecule has 0 amide bonds. The third-order valence-electron chi connectivity index (χ3n) is 3.62. The van der Waals surface area contributed by atoms with Crippen molar-refractivity contribution in [2.75, 3.05) is 6.54 Å². The number of rotatable bonds is 4. The van der Waals surface area contributed by atoms with Crippen LogP contribution in [0, 0.1) is 6.92 Å². The van der Waals surface area contributed by atoms with Crippen molar-refractivity contribution in [3.05, 3.63) is 71.8 Å². The zero-order chi connectivity index (χ0) is 14.7. The van der Waals surface area contributed by atoms with Crippen LogP contribution in [0.1, 0.15) is 11.1 Å². The summed E-state index contributed by atoms with van der Waals surface area (Å²) in [6.07, 6.45) is 0.946. The number of nitrogens with two attached hydrogens (primary N) is 1. The van der Waals surface area contributed by atoms with Crippen molar-refractivity contribution in [3.63, 3.8) is 0 Å². The third-order valence-corrected chi connectivity index (χ3v) is 4.79. The normalized spacial score (nSPS) is 11.0. The topological polar surface area (TPSA) is 26.0 Å². The molecular weight excluding hydrogens is 274 g/mol. The summed E-state index contributed by atoms with van der Waals surface area (Å²) in [4.78, 5) is 2.59. The lowest BCUT2D eigenvalue weighted by molar-refractivity contribution is 0.963. The van der Waals surface area contributed by atoms with E-state index in [9.17, 15) is 0 Å². The molecule has 2 heteroatoms. The largest absolute Gasteiger partial charge is 0.330 e. The third kappa shape index (κ3) is 3.29. The Kier molecular flexibility index (Phi) is 4.28. The second-order valence-corrected chi connectivity index (χ2v) is 6.36. The number of hydrogen-bond acceptors (Lipinski definition) is 2. The van der Waals surface area contributed by atoms with E-state index in [0.717, 1.165) is 6.42 Å². The first-order valence-corrected chi connectivity index (χ1v) is 8.04. The molecule has 0 saturated heterocycles. The van der Waals surface area contributed by atoms with Gasteiger partial charge in [0.15, 0.2) is 0 Å². The molecule has 0 heterocycles. The Balaban J connectivity index is 1.87. The fraction of sp³-hybridized carbons (Fsp3) is 0.158. The van der Waals surface area contributed by atoms with Crippen LogP contribution in [0.3, 0.4) is 0 Å². The fourth-order valence-corrected chi connectivity index (χ4v) is 3.44. The van der Waals surface area contributed by atoms with Crippen LogP contribution in [0.4, 0.5) is 0 Å². The quantitative estimate of drug-likeness (QED) is 0.747. The van der Waals surface area contributed by atoms with Gasteiger partial charge < -0.3 is 5.73 Å². The molecule has 0 aromatic heterocycles. The van der Waals surface area contributed by atoms with E-state index in [-0.39, 0.29) is 0 Å². The molecule has 0 fully saturated rings. The molecule has 0 radical (unpaired) electrons. The van der Waals surface area contributed by atoms with Crippen molar-refractivity contribution in [3.8, 4) is 0 Å². The van der Waals surface area contributed by atoms with Crippen molar-refractivity contribution in [1.82, 2.24) is 0 Å². The van der Waals surface area contributed by atoms with Gasteiger partial charge in [-0.2, -0.15) is 0 Å². The zero-order valence-corrected chi connectivity index (χ0v) is 13.0. The number of benzene rings is 3. The van der Waals surface area contributed by atoms with Crippen LogP contribution in [0.5, 0.6) is 0 Å². The van der Waals surface area contributed by atoms with E-state index >= 15 is 0 Å². The molecule has 0 bridgehead atoms. The van der Waals surface area contributed by atoms with Crippen molar-refractivity contribution in [2.45, 2.75) is 23.1 Å². The molecule has 0 atom stereocenters. The molecule has 3 aromatic rings. The van der Waals surface area contributed by atoms with Gasteiger partial charge in [-0.15, -0.1) is 0 Å². The minimum Gasteiger partial charge on any atom is -0.330 e. The average Bonchev–Trinajstić information content (AvgIpc) is 2.50. The lowest BCUT2D eigenvalue weighted by Gasteiger charge is -2.09. The Morgan fingerprint density at radius 3 is 2.48 bits per heavy atom. The molecule has 0 aliphatic heterocycles. The standard InChI is InChI=1S/C19H19NS/c1-14-12-15(10-11-20)6-9-19(14)21-18-8-7-16-4-2-3-5-17(16)13-18/h2-9,12-13H,10-11,20H2,1H3. The minimum absolute atomic E-state index is 0.705. The van der Waals surface area contributed by atoms with Gasteiger partial charge in [0.05, 0.1) is 0 Å². The minimum atomic E-state index is 0.705. The number of fused-ring (bicyclic) bond motifs is 1. The molecule has 0 spiro atoms. The molecule has 0 aliphatic carbocycles. The maximum absolute atomic E-state index is 5.62. The van der Waals surface area contributed by atoms with Crippen molar-refractivity contribution < 1.29 is 0 Å². The Morgan fingerprint density at radius 2 is 1.71 bits per heavy atom. The van der Waals surface area contributed by atoms with Crippen molar-refractivity contribution in [1.29, 1.82) is 0 Å². The number of aryl methyl sites for hydroxylation is 1. The summed E-state index contributed by atoms with van der Waals surface area (Å²) in [5.74, 6) is 0. The molecule has 2 N–H and O–H groups in total. The Morgan fingerprint density at radius 1 is 0.905 bits per heavy atom. The van der Waals surface area contributed by atoms with Gasteiger partial charge in [0.25, 0.3) is 0 Å².